The van der Waals surface area contributed by atoms with Gasteiger partial charge in [-0.05, 0) is 159 Å². The summed E-state index contributed by atoms with van der Waals surface area (Å²) in [5, 5.41) is 9.87. The number of para-hydroxylation sites is 6. The Kier molecular flexibility index (Phi) is 12.3. The fourth-order valence-corrected chi connectivity index (χ4v) is 14.2. The third-order valence-electron chi connectivity index (χ3n) is 17.5. The highest BCUT2D eigenvalue weighted by molar-refractivity contribution is 7.00. The first-order valence-electron chi connectivity index (χ1n) is 29.8. The normalized spacial score (nSPS) is 12.3. The molecular formula is C80H52BClN4O2. The zero-order chi connectivity index (χ0) is 58.2. The summed E-state index contributed by atoms with van der Waals surface area (Å²) < 4.78 is 13.1. The molecule has 14 aromatic carbocycles. The second-order valence-electron chi connectivity index (χ2n) is 22.4. The Hall–Kier alpha value is -11.2. The van der Waals surface area contributed by atoms with Gasteiger partial charge in [-0.3, -0.25) is 0 Å². The van der Waals surface area contributed by atoms with Crippen molar-refractivity contribution < 1.29 is 8.83 Å². The van der Waals surface area contributed by atoms with Gasteiger partial charge in [0.15, 0.2) is 0 Å². The van der Waals surface area contributed by atoms with E-state index in [2.05, 4.69) is 287 Å². The number of fused-ring (bicyclic) bond motifs is 15. The van der Waals surface area contributed by atoms with Crippen LogP contribution in [0.5, 0.6) is 0 Å². The monoisotopic (exact) mass is 1150 g/mol. The maximum Gasteiger partial charge on any atom is 0.252 e. The van der Waals surface area contributed by atoms with Gasteiger partial charge < -0.3 is 28.4 Å². The quantitative estimate of drug-likeness (QED) is 0.141. The van der Waals surface area contributed by atoms with Crippen molar-refractivity contribution in [3.63, 3.8) is 0 Å². The van der Waals surface area contributed by atoms with Crippen LogP contribution in [-0.4, -0.2) is 6.71 Å². The van der Waals surface area contributed by atoms with Gasteiger partial charge in [0.1, 0.15) is 22.3 Å². The van der Waals surface area contributed by atoms with Crippen molar-refractivity contribution in [1.82, 2.24) is 0 Å². The zero-order valence-electron chi connectivity index (χ0n) is 47.6. The molecular weight excluding hydrogens is 1100 g/mol. The van der Waals surface area contributed by atoms with Crippen LogP contribution in [0.15, 0.2) is 324 Å². The van der Waals surface area contributed by atoms with Crippen LogP contribution in [-0.2, 0) is 0 Å². The molecule has 2 aliphatic rings. The molecule has 2 aromatic heterocycles. The van der Waals surface area contributed by atoms with Gasteiger partial charge in [-0.1, -0.05) is 206 Å². The van der Waals surface area contributed by atoms with Gasteiger partial charge in [0.25, 0.3) is 6.71 Å². The molecule has 2 aliphatic heterocycles. The van der Waals surface area contributed by atoms with E-state index in [0.29, 0.717) is 5.02 Å². The highest BCUT2D eigenvalue weighted by Crippen LogP contribution is 2.52. The van der Waals surface area contributed by atoms with Crippen LogP contribution in [0.2, 0.25) is 5.02 Å². The van der Waals surface area contributed by atoms with Crippen molar-refractivity contribution in [2.45, 2.75) is 0 Å². The minimum absolute atomic E-state index is 0.0663. The number of furan rings is 2. The fraction of sp³-hybridized carbons (Fsp3) is 0. The van der Waals surface area contributed by atoms with E-state index in [0.717, 1.165) is 89.4 Å². The first-order chi connectivity index (χ1) is 43.6. The molecule has 0 amide bonds. The molecule has 0 atom stereocenters. The maximum atomic E-state index is 7.53. The van der Waals surface area contributed by atoms with Crippen molar-refractivity contribution in [2.24, 2.45) is 0 Å². The molecule has 0 spiro atoms. The van der Waals surface area contributed by atoms with Crippen molar-refractivity contribution in [3.05, 3.63) is 320 Å². The predicted octanol–water partition coefficient (Wildman–Crippen LogP) is 21.2. The largest absolute Gasteiger partial charge is 0.456 e. The number of hydrogen-bond acceptors (Lipinski definition) is 6. The number of hydrogen-bond donors (Lipinski definition) is 0. The van der Waals surface area contributed by atoms with Gasteiger partial charge in [0.2, 0.25) is 0 Å². The molecule has 88 heavy (non-hydrogen) atoms. The van der Waals surface area contributed by atoms with Crippen LogP contribution >= 0.6 is 11.6 Å². The first-order valence-corrected chi connectivity index (χ1v) is 30.2. The van der Waals surface area contributed by atoms with Crippen LogP contribution in [0.4, 0.5) is 68.2 Å². The molecule has 6 nitrogen and oxygen atoms in total. The molecule has 0 aliphatic carbocycles. The fourth-order valence-electron chi connectivity index (χ4n) is 13.9. The van der Waals surface area contributed by atoms with E-state index in [1.54, 1.807) is 0 Å². The van der Waals surface area contributed by atoms with E-state index in [1.807, 2.05) is 48.5 Å². The Labute approximate surface area is 514 Å². The Morgan fingerprint density at radius 1 is 0.295 bits per heavy atom. The summed E-state index contributed by atoms with van der Waals surface area (Å²) in [4.78, 5) is 9.36. The molecule has 8 heteroatoms. The molecule has 0 saturated heterocycles. The van der Waals surface area contributed by atoms with Gasteiger partial charge in [-0.15, -0.1) is 0 Å². The van der Waals surface area contributed by atoms with E-state index in [-0.39, 0.29) is 6.71 Å². The third kappa shape index (κ3) is 8.20. The molecule has 0 bridgehead atoms. The minimum atomic E-state index is 0.0663. The summed E-state index contributed by atoms with van der Waals surface area (Å²) in [6.07, 6.45) is 0. The van der Waals surface area contributed by atoms with Crippen LogP contribution in [0.25, 0.3) is 65.4 Å². The van der Waals surface area contributed by atoms with E-state index >= 15 is 0 Å². The lowest BCUT2D eigenvalue weighted by Gasteiger charge is -2.44. The lowest BCUT2D eigenvalue weighted by Crippen LogP contribution is -2.61. The van der Waals surface area contributed by atoms with Gasteiger partial charge in [0, 0.05) is 56.3 Å². The van der Waals surface area contributed by atoms with E-state index in [4.69, 9.17) is 20.4 Å². The van der Waals surface area contributed by atoms with Crippen molar-refractivity contribution >= 4 is 168 Å². The molecule has 16 aromatic rings. The lowest BCUT2D eigenvalue weighted by molar-refractivity contribution is 0.669. The Morgan fingerprint density at radius 3 is 1.33 bits per heavy atom. The maximum absolute atomic E-state index is 7.53. The summed E-state index contributed by atoms with van der Waals surface area (Å²) in [5.41, 5.74) is 20.4. The van der Waals surface area contributed by atoms with Gasteiger partial charge >= 0.3 is 0 Å². The average molecular weight is 1150 g/mol. The molecule has 0 saturated carbocycles. The number of nitrogens with zero attached hydrogens (tertiary/aromatic N) is 4. The number of benzene rings is 14. The third-order valence-corrected chi connectivity index (χ3v) is 17.9. The van der Waals surface area contributed by atoms with E-state index < -0.39 is 0 Å². The van der Waals surface area contributed by atoms with Crippen molar-refractivity contribution in [3.8, 4) is 0 Å². The van der Waals surface area contributed by atoms with Crippen LogP contribution in [0.1, 0.15) is 0 Å². The topological polar surface area (TPSA) is 39.2 Å². The summed E-state index contributed by atoms with van der Waals surface area (Å²) in [5.74, 6) is 0. The average Bonchev–Trinajstić information content (AvgIpc) is 1.08. The Bertz CT molecular complexity index is 5290. The standard InChI is InChI=1S/C40H25BN2O.C40H27ClN2O/c1-3-13-27(14-4-1)42-32-19-10-9-18-30(32)41-31-23-25-36-38(37-29-17-8-7-12-26(29)22-24-35(37)44-36)40(31)43(28-15-5-2-6-16-28)34-21-11-20-33(42)39(34)41;41-40-34(42(29-15-4-1-5-16-29)30-17-6-2-7-18-30)23-12-24-35(40)43(31-19-8-3-9-20-31)33-22-13-25-36-39(33)38-32-21-11-10-14-28(32)26-27-37(38)44-36/h1-25H;1-27H. The Morgan fingerprint density at radius 2 is 0.716 bits per heavy atom. The van der Waals surface area contributed by atoms with E-state index in [9.17, 15) is 0 Å². The molecule has 0 radical (unpaired) electrons. The molecule has 414 valence electrons. The second kappa shape index (κ2) is 21.1. The summed E-state index contributed by atoms with van der Waals surface area (Å²) in [7, 11) is 0. The number of anilines is 12. The van der Waals surface area contributed by atoms with Crippen LogP contribution < -0.4 is 36.0 Å². The molecule has 18 rings (SSSR count). The van der Waals surface area contributed by atoms with Gasteiger partial charge in [-0.2, -0.15) is 0 Å². The molecule has 0 unspecified atom stereocenters. The zero-order valence-corrected chi connectivity index (χ0v) is 48.3. The second-order valence-corrected chi connectivity index (χ2v) is 22.8. The minimum Gasteiger partial charge on any atom is -0.456 e. The lowest BCUT2D eigenvalue weighted by atomic mass is 9.33. The highest BCUT2D eigenvalue weighted by atomic mass is 35.5. The number of halogens is 1. The molecule has 0 N–H and O–H groups in total. The molecule has 4 heterocycles. The number of rotatable bonds is 8. The first kappa shape index (κ1) is 51.2. The van der Waals surface area contributed by atoms with Gasteiger partial charge in [-0.25, -0.2) is 0 Å². The Balaban J connectivity index is 0.000000137. The smallest absolute Gasteiger partial charge is 0.252 e. The SMILES string of the molecule is Clc1c(N(c2ccccc2)c2ccccc2)cccc1N(c1ccccc1)c1cccc2oc3ccc4ccccc4c3c12.c1ccc(N2c3ccccc3B3c4ccc5oc6ccc7ccccc7c6c5c4N(c4ccccc4)c4cccc2c43)cc1. The molecule has 0 fully saturated rings. The predicted molar refractivity (Wildman–Crippen MR) is 371 cm³/mol. The summed E-state index contributed by atoms with van der Waals surface area (Å²) in [6, 6.07) is 111. The van der Waals surface area contributed by atoms with Crippen molar-refractivity contribution in [2.75, 3.05) is 19.6 Å². The summed E-state index contributed by atoms with van der Waals surface area (Å²) >= 11 is 7.53. The van der Waals surface area contributed by atoms with Crippen molar-refractivity contribution in [1.29, 1.82) is 0 Å². The summed E-state index contributed by atoms with van der Waals surface area (Å²) in [6.45, 7) is 0.0663. The van der Waals surface area contributed by atoms with E-state index in [1.165, 1.54) is 60.7 Å². The highest BCUT2D eigenvalue weighted by Gasteiger charge is 2.44. The van der Waals surface area contributed by atoms with Crippen LogP contribution in [0, 0.1) is 0 Å². The van der Waals surface area contributed by atoms with Gasteiger partial charge in [0.05, 0.1) is 38.5 Å². The van der Waals surface area contributed by atoms with Crippen LogP contribution in [0.3, 0.4) is 0 Å².